The van der Waals surface area contributed by atoms with Gasteiger partial charge in [0.05, 0.1) is 11.7 Å². The van der Waals surface area contributed by atoms with Crippen molar-refractivity contribution in [3.63, 3.8) is 0 Å². The number of aliphatic hydroxyl groups excluding tert-OH is 1. The number of benzene rings is 1. The number of amides is 1. The average Bonchev–Trinajstić information content (AvgIpc) is 2.86. The van der Waals surface area contributed by atoms with E-state index in [-0.39, 0.29) is 18.4 Å². The SMILES string of the molecule is O=C1OC[C@@H](c2ccccc2)N1/C1=C(\O)COCCCC1. The number of carbonyl (C=O) groups excluding carboxylic acids is 1. The van der Waals surface area contributed by atoms with Gasteiger partial charge in [0, 0.05) is 6.61 Å². The first-order valence-corrected chi connectivity index (χ1v) is 7.27. The van der Waals surface area contributed by atoms with Gasteiger partial charge in [0.25, 0.3) is 0 Å². The second-order valence-corrected chi connectivity index (χ2v) is 5.28. The van der Waals surface area contributed by atoms with Crippen molar-refractivity contribution in [2.45, 2.75) is 25.3 Å². The van der Waals surface area contributed by atoms with Crippen molar-refractivity contribution in [1.82, 2.24) is 4.90 Å². The van der Waals surface area contributed by atoms with Gasteiger partial charge in [-0.2, -0.15) is 0 Å². The first-order chi connectivity index (χ1) is 10.3. The molecule has 2 aliphatic rings. The Hall–Kier alpha value is -2.01. The quantitative estimate of drug-likeness (QED) is 0.908. The summed E-state index contributed by atoms with van der Waals surface area (Å²) in [5.41, 5.74) is 1.64. The van der Waals surface area contributed by atoms with Crippen molar-refractivity contribution < 1.29 is 19.4 Å². The lowest BCUT2D eigenvalue weighted by Crippen LogP contribution is -2.29. The van der Waals surface area contributed by atoms with Gasteiger partial charge in [-0.15, -0.1) is 0 Å². The van der Waals surface area contributed by atoms with Gasteiger partial charge in [-0.1, -0.05) is 30.3 Å². The summed E-state index contributed by atoms with van der Waals surface area (Å²) in [6.07, 6.45) is 2.07. The highest BCUT2D eigenvalue weighted by Crippen LogP contribution is 2.34. The summed E-state index contributed by atoms with van der Waals surface area (Å²) in [5.74, 6) is 0.134. The number of carbonyl (C=O) groups is 1. The zero-order chi connectivity index (χ0) is 14.7. The minimum absolute atomic E-state index is 0.134. The Morgan fingerprint density at radius 1 is 1.19 bits per heavy atom. The van der Waals surface area contributed by atoms with E-state index in [9.17, 15) is 9.90 Å². The van der Waals surface area contributed by atoms with Gasteiger partial charge in [-0.25, -0.2) is 4.79 Å². The Morgan fingerprint density at radius 2 is 2.00 bits per heavy atom. The van der Waals surface area contributed by atoms with Crippen molar-refractivity contribution in [2.24, 2.45) is 0 Å². The Kier molecular flexibility index (Phi) is 4.10. The summed E-state index contributed by atoms with van der Waals surface area (Å²) >= 11 is 0. The molecule has 21 heavy (non-hydrogen) atoms. The summed E-state index contributed by atoms with van der Waals surface area (Å²) in [5, 5.41) is 10.2. The molecular weight excluding hydrogens is 270 g/mol. The number of allylic oxidation sites excluding steroid dienone is 1. The molecule has 1 fully saturated rings. The van der Waals surface area contributed by atoms with E-state index in [0.717, 1.165) is 18.4 Å². The maximum Gasteiger partial charge on any atom is 0.414 e. The number of hydrogen-bond donors (Lipinski definition) is 1. The van der Waals surface area contributed by atoms with E-state index >= 15 is 0 Å². The zero-order valence-electron chi connectivity index (χ0n) is 11.8. The van der Waals surface area contributed by atoms with E-state index in [2.05, 4.69) is 0 Å². The lowest BCUT2D eigenvalue weighted by Gasteiger charge is -2.26. The molecule has 1 amide bonds. The van der Waals surface area contributed by atoms with Crippen LogP contribution in [-0.2, 0) is 9.47 Å². The molecule has 2 aliphatic heterocycles. The monoisotopic (exact) mass is 289 g/mol. The van der Waals surface area contributed by atoms with E-state index in [4.69, 9.17) is 9.47 Å². The maximum absolute atomic E-state index is 12.1. The van der Waals surface area contributed by atoms with Gasteiger partial charge in [0.2, 0.25) is 0 Å². The molecule has 0 radical (unpaired) electrons. The lowest BCUT2D eigenvalue weighted by atomic mass is 10.0. The van der Waals surface area contributed by atoms with Gasteiger partial charge in [-0.3, -0.25) is 4.90 Å². The minimum Gasteiger partial charge on any atom is -0.508 e. The van der Waals surface area contributed by atoms with Crippen molar-refractivity contribution in [1.29, 1.82) is 0 Å². The predicted octanol–water partition coefficient (Wildman–Crippen LogP) is 3.15. The van der Waals surface area contributed by atoms with Crippen molar-refractivity contribution in [2.75, 3.05) is 19.8 Å². The molecule has 5 nitrogen and oxygen atoms in total. The molecular formula is C16H19NO4. The number of hydrogen-bond acceptors (Lipinski definition) is 4. The van der Waals surface area contributed by atoms with E-state index in [0.29, 0.717) is 25.3 Å². The molecule has 0 aromatic heterocycles. The molecule has 0 aliphatic carbocycles. The lowest BCUT2D eigenvalue weighted by molar-refractivity contribution is 0.110. The van der Waals surface area contributed by atoms with Gasteiger partial charge in [0.15, 0.2) is 0 Å². The first-order valence-electron chi connectivity index (χ1n) is 7.27. The second kappa shape index (κ2) is 6.18. The number of aliphatic hydroxyl groups is 1. The molecule has 1 atom stereocenters. The largest absolute Gasteiger partial charge is 0.508 e. The molecule has 1 aromatic rings. The van der Waals surface area contributed by atoms with Crippen molar-refractivity contribution >= 4 is 6.09 Å². The Labute approximate surface area is 123 Å². The Bertz CT molecular complexity index is 540. The number of ether oxygens (including phenoxy) is 2. The summed E-state index contributed by atoms with van der Waals surface area (Å²) in [6.45, 7) is 1.10. The third-order valence-electron chi connectivity index (χ3n) is 3.87. The van der Waals surface area contributed by atoms with E-state index in [1.54, 1.807) is 4.90 Å². The number of cyclic esters (lactones) is 1. The highest BCUT2D eigenvalue weighted by Gasteiger charge is 2.37. The molecule has 0 bridgehead atoms. The topological polar surface area (TPSA) is 59.0 Å². The second-order valence-electron chi connectivity index (χ2n) is 5.28. The minimum atomic E-state index is -0.397. The van der Waals surface area contributed by atoms with Crippen LogP contribution in [0, 0.1) is 0 Å². The molecule has 112 valence electrons. The van der Waals surface area contributed by atoms with Crippen LogP contribution in [0.1, 0.15) is 30.9 Å². The fourth-order valence-corrected chi connectivity index (χ4v) is 2.79. The molecule has 1 aromatic carbocycles. The third-order valence-corrected chi connectivity index (χ3v) is 3.87. The smallest absolute Gasteiger partial charge is 0.414 e. The van der Waals surface area contributed by atoms with Crippen LogP contribution in [0.3, 0.4) is 0 Å². The molecule has 1 saturated heterocycles. The summed E-state index contributed by atoms with van der Waals surface area (Å²) in [4.78, 5) is 13.7. The zero-order valence-corrected chi connectivity index (χ0v) is 11.8. The van der Waals surface area contributed by atoms with Gasteiger partial charge in [0.1, 0.15) is 19.0 Å². The molecule has 0 unspecified atom stereocenters. The van der Waals surface area contributed by atoms with Crippen molar-refractivity contribution in [3.8, 4) is 0 Å². The Morgan fingerprint density at radius 3 is 2.81 bits per heavy atom. The van der Waals surface area contributed by atoms with E-state index < -0.39 is 6.09 Å². The highest BCUT2D eigenvalue weighted by atomic mass is 16.6. The fraction of sp³-hybridized carbons (Fsp3) is 0.438. The van der Waals surface area contributed by atoms with Gasteiger partial charge < -0.3 is 14.6 Å². The van der Waals surface area contributed by atoms with Crippen molar-refractivity contribution in [3.05, 3.63) is 47.4 Å². The van der Waals surface area contributed by atoms with Crippen LogP contribution in [0.4, 0.5) is 4.79 Å². The molecule has 2 heterocycles. The van der Waals surface area contributed by atoms with E-state index in [1.165, 1.54) is 0 Å². The average molecular weight is 289 g/mol. The van der Waals surface area contributed by atoms with Crippen LogP contribution in [0.25, 0.3) is 0 Å². The maximum atomic E-state index is 12.1. The first kappa shape index (κ1) is 13.9. The van der Waals surface area contributed by atoms with Crippen LogP contribution in [0.2, 0.25) is 0 Å². The normalized spacial score (nSPS) is 27.1. The van der Waals surface area contributed by atoms with Crippen LogP contribution >= 0.6 is 0 Å². The molecule has 3 rings (SSSR count). The van der Waals surface area contributed by atoms with Crippen LogP contribution < -0.4 is 0 Å². The summed E-state index contributed by atoms with van der Waals surface area (Å²) in [7, 11) is 0. The van der Waals surface area contributed by atoms with Gasteiger partial charge >= 0.3 is 6.09 Å². The molecule has 1 N–H and O–H groups in total. The predicted molar refractivity (Wildman–Crippen MR) is 76.7 cm³/mol. The van der Waals surface area contributed by atoms with Gasteiger partial charge in [-0.05, 0) is 24.8 Å². The number of nitrogens with zero attached hydrogens (tertiary/aromatic N) is 1. The molecule has 5 heteroatoms. The summed E-state index contributed by atoms with van der Waals surface area (Å²) < 4.78 is 10.6. The standard InChI is InChI=1S/C16H19NO4/c18-15-11-20-9-5-4-8-13(15)17-14(10-21-16(17)19)12-6-2-1-3-7-12/h1-3,6-7,14,18H,4-5,8-11H2/b15-13-/t14-/m0/s1. The molecule has 0 spiro atoms. The number of rotatable bonds is 2. The highest BCUT2D eigenvalue weighted by molar-refractivity contribution is 5.73. The van der Waals surface area contributed by atoms with E-state index in [1.807, 2.05) is 30.3 Å². The third kappa shape index (κ3) is 2.88. The fourth-order valence-electron chi connectivity index (χ4n) is 2.79. The molecule has 0 saturated carbocycles. The Balaban J connectivity index is 1.93. The van der Waals surface area contributed by atoms with Crippen LogP contribution in [0.15, 0.2) is 41.8 Å². The summed E-state index contributed by atoms with van der Waals surface area (Å²) in [6, 6.07) is 9.56. The van der Waals surface area contributed by atoms with Crippen LogP contribution in [-0.4, -0.2) is 35.9 Å². The van der Waals surface area contributed by atoms with Crippen LogP contribution in [0.5, 0.6) is 0 Å².